The molecule has 4 N–H and O–H groups in total. The van der Waals surface area contributed by atoms with Crippen LogP contribution in [0.1, 0.15) is 380 Å². The molecule has 0 saturated carbocycles. The Morgan fingerprint density at radius 1 is 0.266 bits per heavy atom. The molecule has 18 heteroatoms. The number of rotatable bonds is 83. The predicted molar refractivity (Wildman–Crippen MR) is 454 cm³/mol. The third-order valence-electron chi connectivity index (χ3n) is 18.7. The normalized spacial score (nSPS) is 14.4. The quantitative estimate of drug-likeness (QED) is 0.0146. The van der Waals surface area contributed by atoms with Crippen LogP contribution < -0.4 is 0 Å². The van der Waals surface area contributed by atoms with Gasteiger partial charge in [0.25, 0.3) is 0 Å². The van der Waals surface area contributed by atoms with Gasteiger partial charge in [0.15, 0.2) is 6.10 Å². The fraction of sp³-hybridized carbons (Fsp3) is 0.747. The number of aliphatic hydroxyl groups excluding tert-OH is 2. The molecule has 0 saturated heterocycles. The highest BCUT2D eigenvalue weighted by atomic mass is 31.2. The van der Waals surface area contributed by atoms with E-state index in [0.717, 1.165) is 135 Å². The van der Waals surface area contributed by atoms with Gasteiger partial charge in [-0.1, -0.05) is 367 Å². The lowest BCUT2D eigenvalue weighted by Crippen LogP contribution is -2.30. The van der Waals surface area contributed by atoms with Crippen LogP contribution in [-0.2, 0) is 55.8 Å². The Balaban J connectivity index is 4.34. The maximum Gasteiger partial charge on any atom is 0.472 e. The Hall–Kier alpha value is -4.05. The molecule has 0 radical (unpaired) electrons. The minimum atomic E-state index is -4.93. The van der Waals surface area contributed by atoms with Gasteiger partial charge in [-0.2, -0.15) is 0 Å². The molecule has 0 aromatic rings. The summed E-state index contributed by atoms with van der Waals surface area (Å²) in [6.07, 6.45) is 101. The molecule has 0 aliphatic rings. The molecule has 5 atom stereocenters. The smallest absolute Gasteiger partial charge is 0.463 e. The van der Waals surface area contributed by atoms with Crippen molar-refractivity contribution in [3.63, 3.8) is 0 Å². The summed E-state index contributed by atoms with van der Waals surface area (Å²) in [4.78, 5) is 58.7. The largest absolute Gasteiger partial charge is 0.472 e. The molecule has 0 amide bonds. The number of hydrogen-bond donors (Lipinski definition) is 4. The Kier molecular flexibility index (Phi) is 80.3. The van der Waals surface area contributed by atoms with Gasteiger partial charge in [-0.25, -0.2) is 9.13 Å². The molecule has 0 aromatic carbocycles. The number of phosphoric acid groups is 2. The molecular weight excluding hydrogens is 1410 g/mol. The molecule has 0 heterocycles. The van der Waals surface area contributed by atoms with Crippen LogP contribution in [0.5, 0.6) is 0 Å². The van der Waals surface area contributed by atoms with Gasteiger partial charge in [-0.15, -0.1) is 0 Å². The monoisotopic (exact) mass is 1570 g/mol. The van der Waals surface area contributed by atoms with E-state index >= 15 is 0 Å². The van der Waals surface area contributed by atoms with E-state index in [2.05, 4.69) is 142 Å². The van der Waals surface area contributed by atoms with Crippen molar-refractivity contribution in [3.8, 4) is 0 Å². The zero-order valence-electron chi connectivity index (χ0n) is 69.2. The van der Waals surface area contributed by atoms with E-state index in [-0.39, 0.29) is 19.3 Å². The van der Waals surface area contributed by atoms with E-state index in [9.17, 15) is 43.5 Å². The van der Waals surface area contributed by atoms with Gasteiger partial charge in [-0.05, 0) is 116 Å². The molecule has 16 nitrogen and oxygen atoms in total. The van der Waals surface area contributed by atoms with Crippen molar-refractivity contribution in [1.29, 1.82) is 0 Å². The maximum atomic E-state index is 12.9. The molecular formula is C91H160O16P2. The predicted octanol–water partition coefficient (Wildman–Crippen LogP) is 26.4. The van der Waals surface area contributed by atoms with E-state index in [1.54, 1.807) is 0 Å². The molecule has 0 spiro atoms. The highest BCUT2D eigenvalue weighted by molar-refractivity contribution is 7.47. The number of hydrogen-bond acceptors (Lipinski definition) is 14. The van der Waals surface area contributed by atoms with E-state index in [0.29, 0.717) is 19.3 Å². The van der Waals surface area contributed by atoms with Crippen molar-refractivity contribution in [2.45, 2.75) is 399 Å². The number of unbranched alkanes of at least 4 members (excludes halogenated alkanes) is 40. The summed E-state index contributed by atoms with van der Waals surface area (Å²) in [7, 11) is -9.79. The van der Waals surface area contributed by atoms with Crippen molar-refractivity contribution < 1.29 is 75.8 Å². The van der Waals surface area contributed by atoms with Gasteiger partial charge in [0.2, 0.25) is 0 Å². The lowest BCUT2D eigenvalue weighted by Gasteiger charge is -2.21. The van der Waals surface area contributed by atoms with E-state index < -0.39 is 91.5 Å². The minimum Gasteiger partial charge on any atom is -0.463 e. The van der Waals surface area contributed by atoms with Gasteiger partial charge >= 0.3 is 33.6 Å². The lowest BCUT2D eigenvalue weighted by molar-refractivity contribution is -0.161. The lowest BCUT2D eigenvalue weighted by atomic mass is 10.0. The van der Waals surface area contributed by atoms with Gasteiger partial charge in [0.1, 0.15) is 25.4 Å². The van der Waals surface area contributed by atoms with Crippen LogP contribution in [0.4, 0.5) is 0 Å². The fourth-order valence-corrected chi connectivity index (χ4v) is 13.6. The first-order valence-electron chi connectivity index (χ1n) is 43.8. The number of esters is 3. The summed E-state index contributed by atoms with van der Waals surface area (Å²) in [5, 5.41) is 20.7. The van der Waals surface area contributed by atoms with Gasteiger partial charge in [-0.3, -0.25) is 32.5 Å². The van der Waals surface area contributed by atoms with Crippen molar-refractivity contribution in [1.82, 2.24) is 0 Å². The molecule has 109 heavy (non-hydrogen) atoms. The third-order valence-corrected chi connectivity index (χ3v) is 20.6. The maximum absolute atomic E-state index is 12.9. The third kappa shape index (κ3) is 84.7. The van der Waals surface area contributed by atoms with Crippen LogP contribution in [-0.4, -0.2) is 95.9 Å². The van der Waals surface area contributed by atoms with Crippen molar-refractivity contribution in [2.24, 2.45) is 0 Å². The second kappa shape index (κ2) is 83.4. The summed E-state index contributed by atoms with van der Waals surface area (Å²) < 4.78 is 61.2. The van der Waals surface area contributed by atoms with E-state index in [1.165, 1.54) is 186 Å². The molecule has 0 fully saturated rings. The molecule has 0 rings (SSSR count). The molecule has 0 aromatic heterocycles. The second-order valence-corrected chi connectivity index (χ2v) is 32.2. The topological polar surface area (TPSA) is 231 Å². The van der Waals surface area contributed by atoms with Crippen LogP contribution in [0.15, 0.2) is 122 Å². The molecule has 630 valence electrons. The van der Waals surface area contributed by atoms with Crippen LogP contribution in [0.3, 0.4) is 0 Å². The number of allylic oxidation sites excluding steroid dienone is 20. The highest BCUT2D eigenvalue weighted by Gasteiger charge is 2.29. The van der Waals surface area contributed by atoms with E-state index in [4.69, 9.17) is 32.3 Å². The van der Waals surface area contributed by atoms with E-state index in [1.807, 2.05) is 0 Å². The summed E-state index contributed by atoms with van der Waals surface area (Å²) >= 11 is 0. The zero-order valence-corrected chi connectivity index (χ0v) is 71.0. The van der Waals surface area contributed by atoms with Crippen molar-refractivity contribution in [3.05, 3.63) is 122 Å². The number of aliphatic hydroxyl groups is 2. The number of carbonyl (C=O) groups is 3. The molecule has 0 bridgehead atoms. The number of ether oxygens (including phenoxy) is 3. The van der Waals surface area contributed by atoms with Crippen LogP contribution in [0.2, 0.25) is 0 Å². The Morgan fingerprint density at radius 3 is 0.789 bits per heavy atom. The molecule has 5 unspecified atom stereocenters. The average molecular weight is 1570 g/mol. The van der Waals surface area contributed by atoms with Crippen molar-refractivity contribution in [2.75, 3.05) is 39.6 Å². The zero-order chi connectivity index (χ0) is 79.4. The first-order valence-corrected chi connectivity index (χ1v) is 46.8. The summed E-state index contributed by atoms with van der Waals surface area (Å²) in [5.41, 5.74) is 0. The van der Waals surface area contributed by atoms with Crippen LogP contribution in [0, 0.1) is 0 Å². The fourth-order valence-electron chi connectivity index (χ4n) is 12.0. The summed E-state index contributed by atoms with van der Waals surface area (Å²) in [6.45, 7) is 2.56. The van der Waals surface area contributed by atoms with Gasteiger partial charge in [0.05, 0.1) is 26.4 Å². The second-order valence-electron chi connectivity index (χ2n) is 29.3. The standard InChI is InChI=1S/C91H160O16P2/c1-4-7-10-13-16-19-22-24-26-28-30-32-34-36-38-39-40-41-42-43-44-45-47-49-50-52-54-56-58-60-63-65-68-71-74-77-89(94)101-80-86(92)81-103-108(97,98)104-82-87(93)83-105-109(99,100)106-85-88(107-91(96)79-76-73-70-67-62-21-18-15-12-9-6-3)84-102-90(95)78-75-72-69-66-64-61-59-57-55-53-51-48-46-37-35-33-31-29-27-25-23-20-17-14-11-8-5-2/h8,11,16-17,19-20,24-27,30-33,36-38,46,51,53,86-88,92-93H,4-7,9-10,12-15,18,21-23,28-29,34-35,39-45,47-50,52,54-85H2,1-3H3,(H,97,98)(H,99,100)/b11-8-,19-16-,20-17-,26-24-,27-25-,32-30-,33-31-,38-36-,46-37-,53-51-. The van der Waals surface area contributed by atoms with Crippen molar-refractivity contribution >= 4 is 33.6 Å². The SMILES string of the molecule is CC/C=C\C/C=C\C/C=C\C/C=C\C/C=C\C/C=C\CCCCCCCCCCC(=O)OCC(COP(=O)(O)OCC(O)COP(=O)(O)OCC(O)COC(=O)CCCCCCCCCCCCCCCCCCCCC/C=C\C/C=C\C/C=C\C/C=C\CCCCC)OC(=O)CCCCCCCCCCCCC. The average Bonchev–Trinajstić information content (AvgIpc) is 0.901. The Bertz CT molecular complexity index is 2460. The minimum absolute atomic E-state index is 0.104. The molecule has 0 aliphatic carbocycles. The van der Waals surface area contributed by atoms with Gasteiger partial charge < -0.3 is 34.2 Å². The van der Waals surface area contributed by atoms with Crippen LogP contribution in [0.25, 0.3) is 0 Å². The summed E-state index contributed by atoms with van der Waals surface area (Å²) in [5.74, 6) is -1.57. The molecule has 0 aliphatic heterocycles. The van der Waals surface area contributed by atoms with Gasteiger partial charge in [0, 0.05) is 19.3 Å². The first-order chi connectivity index (χ1) is 53.2. The van der Waals surface area contributed by atoms with Crippen LogP contribution >= 0.6 is 15.6 Å². The highest BCUT2D eigenvalue weighted by Crippen LogP contribution is 2.45. The Labute approximate surface area is 665 Å². The number of phosphoric ester groups is 2. The summed E-state index contributed by atoms with van der Waals surface area (Å²) in [6, 6.07) is 0. The Morgan fingerprint density at radius 2 is 0.486 bits per heavy atom. The number of carbonyl (C=O) groups excluding carboxylic acids is 3. The first kappa shape index (κ1) is 105.